The summed E-state index contributed by atoms with van der Waals surface area (Å²) in [6.45, 7) is 3.05. The number of carbonyl (C=O) groups excluding carboxylic acids is 5. The van der Waals surface area contributed by atoms with Crippen molar-refractivity contribution in [2.45, 2.75) is 43.2 Å². The van der Waals surface area contributed by atoms with E-state index in [-0.39, 0.29) is 222 Å². The summed E-state index contributed by atoms with van der Waals surface area (Å²) in [5, 5.41) is 10.8. The SMILES string of the molecule is Cc1ccc(C(=O)Nc2ccc(S(=O)(=O)[O-])c3ccc(S(=O)(=O)[O-])c(S(=O)(=O)[O-])c23)cc1NC(=O)c1cccc(NC(=O)Nc2cccc(C(=O)Nc3cc(C(=O)Nc4ccc(S(=O)(=O)[O-])c5ccc(S(=O)(=O)[O-])c(S(=O)(=O)[O-])c45)ccc3C)c2)c1.[Na+].[Na+].[Na+].[Na+].[Na+].[Na+]. The van der Waals surface area contributed by atoms with Crippen LogP contribution in [-0.4, -0.2) is 107 Å². The van der Waals surface area contributed by atoms with Crippen LogP contribution in [0.2, 0.25) is 0 Å². The van der Waals surface area contributed by atoms with Crippen molar-refractivity contribution in [1.82, 2.24) is 0 Å². The van der Waals surface area contributed by atoms with Crippen LogP contribution < -0.4 is 209 Å². The number of amides is 6. The molecule has 0 aliphatic heterocycles. The largest absolute Gasteiger partial charge is 1.00 e. The van der Waals surface area contributed by atoms with Crippen molar-refractivity contribution >= 4 is 146 Å². The third-order valence-corrected chi connectivity index (χ3v) is 18.1. The van der Waals surface area contributed by atoms with Crippen molar-refractivity contribution in [2.24, 2.45) is 0 Å². The van der Waals surface area contributed by atoms with Crippen LogP contribution in [-0.2, 0) is 60.7 Å². The summed E-state index contributed by atoms with van der Waals surface area (Å²) < 4.78 is 219. The molecule has 8 aromatic carbocycles. The molecule has 0 atom stereocenters. The molecule has 0 saturated carbocycles. The maximum Gasteiger partial charge on any atom is 1.00 e. The van der Waals surface area contributed by atoms with Gasteiger partial charge in [0.2, 0.25) is 0 Å². The summed E-state index contributed by atoms with van der Waals surface area (Å²) >= 11 is 0. The van der Waals surface area contributed by atoms with E-state index in [1.54, 1.807) is 0 Å². The third kappa shape index (κ3) is 20.0. The van der Waals surface area contributed by atoms with Crippen LogP contribution in [0.1, 0.15) is 52.6 Å². The number of hydrogen-bond acceptors (Lipinski definition) is 23. The number of anilines is 6. The first kappa shape index (κ1) is 85.0. The van der Waals surface area contributed by atoms with Gasteiger partial charge in [-0.1, -0.05) is 36.4 Å². The molecule has 0 aromatic heterocycles. The van der Waals surface area contributed by atoms with Crippen molar-refractivity contribution in [3.8, 4) is 0 Å². The first-order valence-corrected chi connectivity index (χ1v) is 32.0. The molecule has 0 radical (unpaired) electrons. The fourth-order valence-corrected chi connectivity index (χ4v) is 13.9. The Hall–Kier alpha value is -3.11. The number of fused-ring (bicyclic) bond motifs is 2. The molecule has 0 unspecified atom stereocenters. The first-order chi connectivity index (χ1) is 39.8. The minimum Gasteiger partial charge on any atom is -0.744 e. The van der Waals surface area contributed by atoms with Gasteiger partial charge in [-0.2, -0.15) is 0 Å². The number of rotatable bonds is 16. The van der Waals surface area contributed by atoms with E-state index < -0.39 is 153 Å². The van der Waals surface area contributed by atoms with Crippen molar-refractivity contribution in [3.05, 3.63) is 167 Å². The molecule has 6 N–H and O–H groups in total. The molecular weight excluding hydrogens is 1390 g/mol. The zero-order chi connectivity index (χ0) is 63.4. The van der Waals surface area contributed by atoms with Crippen molar-refractivity contribution in [3.63, 3.8) is 0 Å². The van der Waals surface area contributed by atoms with Crippen LogP contribution >= 0.6 is 0 Å². The average Bonchev–Trinajstić information content (AvgIpc) is 0.743. The smallest absolute Gasteiger partial charge is 0.744 e. The molecule has 448 valence electrons. The van der Waals surface area contributed by atoms with Gasteiger partial charge in [0.1, 0.15) is 60.7 Å². The molecule has 92 heavy (non-hydrogen) atoms. The van der Waals surface area contributed by atoms with Crippen LogP contribution in [0.3, 0.4) is 0 Å². The van der Waals surface area contributed by atoms with Crippen LogP contribution in [0.5, 0.6) is 0 Å². The van der Waals surface area contributed by atoms with Crippen molar-refractivity contribution in [2.75, 3.05) is 31.9 Å². The van der Waals surface area contributed by atoms with Gasteiger partial charge in [0, 0.05) is 66.5 Å². The van der Waals surface area contributed by atoms with E-state index >= 15 is 0 Å². The maximum atomic E-state index is 13.7. The predicted octanol–water partition coefficient (Wildman–Crippen LogP) is -13.3. The monoisotopic (exact) mass is 1430 g/mol. The van der Waals surface area contributed by atoms with Gasteiger partial charge in [-0.05, 0) is 122 Å². The Bertz CT molecular complexity index is 4740. The summed E-state index contributed by atoms with van der Waals surface area (Å²) in [5.74, 6) is -3.84. The minimum atomic E-state index is -5.96. The summed E-state index contributed by atoms with van der Waals surface area (Å²) in [5.41, 5.74) is -1.24. The number of carbonyl (C=O) groups is 5. The van der Waals surface area contributed by atoms with E-state index in [0.29, 0.717) is 59.7 Å². The van der Waals surface area contributed by atoms with Crippen molar-refractivity contribution < 1.29 is 279 Å². The zero-order valence-electron chi connectivity index (χ0n) is 49.0. The van der Waals surface area contributed by atoms with Crippen molar-refractivity contribution in [1.29, 1.82) is 0 Å². The topological polar surface area (TPSA) is 501 Å². The molecule has 6 amide bonds. The van der Waals surface area contributed by atoms with Crippen LogP contribution in [0.15, 0.2) is 163 Å². The van der Waals surface area contributed by atoms with E-state index in [9.17, 15) is 102 Å². The molecular formula is C51H34N6Na6O23S6. The third-order valence-electron chi connectivity index (χ3n) is 12.5. The fourth-order valence-electron chi connectivity index (χ4n) is 8.61. The fraction of sp³-hybridized carbons (Fsp3) is 0.0392. The van der Waals surface area contributed by atoms with Gasteiger partial charge >= 0.3 is 183 Å². The van der Waals surface area contributed by atoms with E-state index in [0.717, 1.165) is 12.1 Å². The Kier molecular flexibility index (Phi) is 30.4. The Morgan fingerprint density at radius 3 is 0.880 bits per heavy atom. The maximum absolute atomic E-state index is 13.7. The molecule has 0 saturated heterocycles. The minimum absolute atomic E-state index is 0. The predicted molar refractivity (Wildman–Crippen MR) is 295 cm³/mol. The van der Waals surface area contributed by atoms with Crippen LogP contribution in [0.25, 0.3) is 21.5 Å². The Labute approximate surface area is 657 Å². The molecule has 29 nitrogen and oxygen atoms in total. The summed E-state index contributed by atoms with van der Waals surface area (Å²) in [6, 6.07) is 21.9. The molecule has 0 aliphatic carbocycles. The quantitative estimate of drug-likeness (QED) is 0.0386. The number of hydrogen-bond donors (Lipinski definition) is 6. The van der Waals surface area contributed by atoms with E-state index in [2.05, 4.69) is 31.9 Å². The normalized spacial score (nSPS) is 11.5. The second kappa shape index (κ2) is 33.0. The second-order valence-corrected chi connectivity index (χ2v) is 26.2. The van der Waals surface area contributed by atoms with Gasteiger partial charge in [-0.3, -0.25) is 19.2 Å². The first-order valence-electron chi connectivity index (χ1n) is 23.5. The Morgan fingerprint density at radius 1 is 0.304 bits per heavy atom. The standard InChI is InChI=1S/C51H40N6O23S6.6Na/c1-25-9-11-29(49(60)54-35-15-19-39(81(63,64)65)33-13-17-41(83(69,70)71)45(43(33)35)85(75,76)77)23-37(25)56-47(58)27-5-3-7-31(21-27)52-51(62)53-32-8-4-6-28(22-32)48(59)57-38-24-30(12-10-26(38)2)50(61)55-36-16-20-40(82(66,67)68)34-14-18-42(84(72,73)74)46(44(34)36)86(78,79)80;;;;;;/h3-24H,1-2H3,(H,54,60)(H,55,61)(H,56,58)(H,57,59)(H2,52,53,62)(H,63,64,65)(H,66,67,68)(H,69,70,71)(H,72,73,74)(H,75,76,77)(H,78,79,80);;;;;;/q;6*+1/p-6. The number of aryl methyl sites for hydroxylation is 2. The Balaban J connectivity index is 0.00000480. The molecule has 0 heterocycles. The molecule has 8 aromatic rings. The molecule has 0 spiro atoms. The average molecular weight is 1430 g/mol. The van der Waals surface area contributed by atoms with Gasteiger partial charge < -0.3 is 59.2 Å². The van der Waals surface area contributed by atoms with Gasteiger partial charge in [-0.15, -0.1) is 0 Å². The number of benzene rings is 8. The molecule has 0 fully saturated rings. The molecule has 0 bridgehead atoms. The van der Waals surface area contributed by atoms with Gasteiger partial charge in [-0.25, -0.2) is 55.3 Å². The van der Waals surface area contributed by atoms with Crippen LogP contribution in [0, 0.1) is 13.8 Å². The van der Waals surface area contributed by atoms with Crippen LogP contribution in [0.4, 0.5) is 38.9 Å². The number of nitrogens with one attached hydrogen (secondary N) is 6. The molecule has 0 aliphatic rings. The van der Waals surface area contributed by atoms with E-state index in [1.165, 1.54) is 86.6 Å². The molecule has 41 heteroatoms. The Morgan fingerprint density at radius 2 is 0.587 bits per heavy atom. The summed E-state index contributed by atoms with van der Waals surface area (Å²) in [6.07, 6.45) is 0. The van der Waals surface area contributed by atoms with Gasteiger partial charge in [0.15, 0.2) is 0 Å². The number of urea groups is 1. The molecule has 8 rings (SSSR count). The van der Waals surface area contributed by atoms with E-state index in [4.69, 9.17) is 0 Å². The van der Waals surface area contributed by atoms with E-state index in [1.807, 2.05) is 0 Å². The second-order valence-electron chi connectivity index (χ2n) is 18.2. The van der Waals surface area contributed by atoms with Gasteiger partial charge in [0.25, 0.3) is 23.6 Å². The summed E-state index contributed by atoms with van der Waals surface area (Å²) in [4.78, 5) is 58.8. The van der Waals surface area contributed by atoms with Gasteiger partial charge in [0.05, 0.1) is 40.7 Å². The zero-order valence-corrected chi connectivity index (χ0v) is 65.9. The summed E-state index contributed by atoms with van der Waals surface area (Å²) in [7, 11) is -34.3.